The van der Waals surface area contributed by atoms with Crippen LogP contribution in [-0.4, -0.2) is 42.6 Å². The molecule has 0 saturated carbocycles. The largest absolute Gasteiger partial charge is 0.330 e. The highest BCUT2D eigenvalue weighted by atomic mass is 32.2. The van der Waals surface area contributed by atoms with Gasteiger partial charge in [-0.1, -0.05) is 0 Å². The van der Waals surface area contributed by atoms with Gasteiger partial charge in [0.05, 0.1) is 17.8 Å². The molecule has 6 heteroatoms. The molecule has 0 aromatic carbocycles. The third-order valence-electron chi connectivity index (χ3n) is 3.73. The van der Waals surface area contributed by atoms with Gasteiger partial charge in [0.25, 0.3) is 0 Å². The number of imidazole rings is 1. The van der Waals surface area contributed by atoms with Crippen LogP contribution in [-0.2, 0) is 9.84 Å². The average molecular weight is 255 g/mol. The van der Waals surface area contributed by atoms with Crippen molar-refractivity contribution in [3.8, 4) is 0 Å². The lowest BCUT2D eigenvalue weighted by Gasteiger charge is -2.31. The van der Waals surface area contributed by atoms with Crippen LogP contribution in [0.25, 0.3) is 0 Å². The van der Waals surface area contributed by atoms with E-state index in [2.05, 4.69) is 14.9 Å². The Labute approximate surface area is 101 Å². The highest BCUT2D eigenvalue weighted by Crippen LogP contribution is 2.28. The van der Waals surface area contributed by atoms with E-state index in [4.69, 9.17) is 0 Å². The van der Waals surface area contributed by atoms with Crippen LogP contribution >= 0.6 is 0 Å². The molecule has 1 aromatic rings. The number of hydrogen-bond acceptors (Lipinski definition) is 4. The van der Waals surface area contributed by atoms with Crippen LogP contribution in [0.5, 0.6) is 0 Å². The van der Waals surface area contributed by atoms with Crippen molar-refractivity contribution in [1.82, 2.24) is 14.9 Å². The van der Waals surface area contributed by atoms with Crippen LogP contribution in [0.15, 0.2) is 12.5 Å². The lowest BCUT2D eigenvalue weighted by molar-refractivity contribution is 0.394. The van der Waals surface area contributed by atoms with E-state index in [1.165, 1.54) is 5.69 Å². The Morgan fingerprint density at radius 1 is 1.41 bits per heavy atom. The van der Waals surface area contributed by atoms with Crippen molar-refractivity contribution in [2.45, 2.75) is 24.8 Å². The minimum atomic E-state index is -2.85. The average Bonchev–Trinajstić information content (AvgIpc) is 2.62. The molecule has 1 unspecified atom stereocenters. The Hall–Kier alpha value is -0.880. The third-order valence-corrected chi connectivity index (χ3v) is 5.53. The lowest BCUT2D eigenvalue weighted by Crippen LogP contribution is -2.41. The van der Waals surface area contributed by atoms with Crippen LogP contribution < -0.4 is 5.32 Å². The first kappa shape index (κ1) is 11.2. The number of aromatic nitrogens is 2. The first-order valence-corrected chi connectivity index (χ1v) is 7.91. The molecule has 0 amide bonds. The Morgan fingerprint density at radius 3 is 2.88 bits per heavy atom. The SMILES string of the molecule is O=S1(=O)CCCC(n2cncc2C2CNC2)C1. The van der Waals surface area contributed by atoms with Gasteiger partial charge in [-0.15, -0.1) is 0 Å². The zero-order chi connectivity index (χ0) is 11.9. The molecule has 3 heterocycles. The van der Waals surface area contributed by atoms with Crippen molar-refractivity contribution in [3.05, 3.63) is 18.2 Å². The Kier molecular flexibility index (Phi) is 2.71. The van der Waals surface area contributed by atoms with Gasteiger partial charge in [0.15, 0.2) is 9.84 Å². The standard InChI is InChI=1S/C11H17N3O2S/c15-17(16)3-1-2-10(7-17)14-8-13-6-11(14)9-4-12-5-9/h6,8-10,12H,1-5,7H2. The maximum Gasteiger partial charge on any atom is 0.152 e. The zero-order valence-electron chi connectivity index (χ0n) is 9.67. The molecule has 94 valence electrons. The second-order valence-electron chi connectivity index (χ2n) is 4.99. The van der Waals surface area contributed by atoms with E-state index in [0.717, 1.165) is 25.9 Å². The molecule has 5 nitrogen and oxygen atoms in total. The van der Waals surface area contributed by atoms with Crippen LogP contribution in [0.1, 0.15) is 30.5 Å². The van der Waals surface area contributed by atoms with Gasteiger partial charge in [0.2, 0.25) is 0 Å². The fourth-order valence-electron chi connectivity index (χ4n) is 2.65. The van der Waals surface area contributed by atoms with Gasteiger partial charge in [-0.05, 0) is 12.8 Å². The molecular weight excluding hydrogens is 238 g/mol. The molecule has 1 atom stereocenters. The van der Waals surface area contributed by atoms with E-state index in [9.17, 15) is 8.42 Å². The van der Waals surface area contributed by atoms with Gasteiger partial charge in [0.1, 0.15) is 0 Å². The van der Waals surface area contributed by atoms with Crippen molar-refractivity contribution in [2.24, 2.45) is 0 Å². The Balaban J connectivity index is 1.86. The van der Waals surface area contributed by atoms with Crippen molar-refractivity contribution >= 4 is 9.84 Å². The molecule has 0 spiro atoms. The number of sulfone groups is 1. The summed E-state index contributed by atoms with van der Waals surface area (Å²) in [6.07, 6.45) is 5.39. The van der Waals surface area contributed by atoms with Gasteiger partial charge in [-0.3, -0.25) is 0 Å². The van der Waals surface area contributed by atoms with Crippen LogP contribution in [0.2, 0.25) is 0 Å². The summed E-state index contributed by atoms with van der Waals surface area (Å²) in [7, 11) is -2.85. The molecule has 2 aliphatic heterocycles. The molecule has 3 rings (SSSR count). The van der Waals surface area contributed by atoms with Crippen LogP contribution in [0.4, 0.5) is 0 Å². The maximum absolute atomic E-state index is 11.7. The predicted molar refractivity (Wildman–Crippen MR) is 64.8 cm³/mol. The second kappa shape index (κ2) is 4.10. The molecule has 1 aromatic heterocycles. The normalized spacial score (nSPS) is 28.8. The molecule has 0 bridgehead atoms. The monoisotopic (exact) mass is 255 g/mol. The van der Waals surface area contributed by atoms with Crippen molar-refractivity contribution < 1.29 is 8.42 Å². The molecule has 0 radical (unpaired) electrons. The van der Waals surface area contributed by atoms with E-state index in [-0.39, 0.29) is 11.8 Å². The molecule has 0 aliphatic carbocycles. The molecular formula is C11H17N3O2S. The summed E-state index contributed by atoms with van der Waals surface area (Å²) in [5, 5.41) is 3.24. The van der Waals surface area contributed by atoms with E-state index >= 15 is 0 Å². The van der Waals surface area contributed by atoms with Crippen molar-refractivity contribution in [3.63, 3.8) is 0 Å². The van der Waals surface area contributed by atoms with Gasteiger partial charge in [0, 0.05) is 36.9 Å². The summed E-state index contributed by atoms with van der Waals surface area (Å²) >= 11 is 0. The molecule has 2 saturated heterocycles. The van der Waals surface area contributed by atoms with Gasteiger partial charge >= 0.3 is 0 Å². The number of nitrogens with one attached hydrogen (secondary N) is 1. The molecule has 17 heavy (non-hydrogen) atoms. The predicted octanol–water partition coefficient (Wildman–Crippen LogP) is 0.320. The first-order valence-electron chi connectivity index (χ1n) is 6.08. The Morgan fingerprint density at radius 2 is 2.24 bits per heavy atom. The van der Waals surface area contributed by atoms with E-state index in [0.29, 0.717) is 11.7 Å². The zero-order valence-corrected chi connectivity index (χ0v) is 10.5. The summed E-state index contributed by atoms with van der Waals surface area (Å²) in [4.78, 5) is 4.19. The van der Waals surface area contributed by atoms with E-state index in [1.54, 1.807) is 6.33 Å². The summed E-state index contributed by atoms with van der Waals surface area (Å²) in [6.45, 7) is 1.95. The highest BCUT2D eigenvalue weighted by molar-refractivity contribution is 7.91. The van der Waals surface area contributed by atoms with Crippen molar-refractivity contribution in [1.29, 1.82) is 0 Å². The Bertz CT molecular complexity index is 505. The smallest absolute Gasteiger partial charge is 0.152 e. The maximum atomic E-state index is 11.7. The molecule has 2 aliphatic rings. The summed E-state index contributed by atoms with van der Waals surface area (Å²) < 4.78 is 25.4. The number of nitrogens with zero attached hydrogens (tertiary/aromatic N) is 2. The summed E-state index contributed by atoms with van der Waals surface area (Å²) in [5.74, 6) is 1.12. The second-order valence-corrected chi connectivity index (χ2v) is 7.22. The van der Waals surface area contributed by atoms with Gasteiger partial charge in [-0.2, -0.15) is 0 Å². The molecule has 1 N–H and O–H groups in total. The first-order chi connectivity index (χ1) is 8.16. The minimum Gasteiger partial charge on any atom is -0.330 e. The number of rotatable bonds is 2. The minimum absolute atomic E-state index is 0.0897. The third kappa shape index (κ3) is 2.11. The highest BCUT2D eigenvalue weighted by Gasteiger charge is 2.30. The number of hydrogen-bond donors (Lipinski definition) is 1. The van der Waals surface area contributed by atoms with Crippen LogP contribution in [0.3, 0.4) is 0 Å². The van der Waals surface area contributed by atoms with Gasteiger partial charge < -0.3 is 9.88 Å². The topological polar surface area (TPSA) is 64.0 Å². The van der Waals surface area contributed by atoms with E-state index in [1.807, 2.05) is 6.20 Å². The van der Waals surface area contributed by atoms with E-state index < -0.39 is 9.84 Å². The fourth-order valence-corrected chi connectivity index (χ4v) is 4.34. The van der Waals surface area contributed by atoms with Crippen LogP contribution in [0, 0.1) is 0 Å². The van der Waals surface area contributed by atoms with Gasteiger partial charge in [-0.25, -0.2) is 13.4 Å². The lowest BCUT2D eigenvalue weighted by atomic mass is 9.99. The quantitative estimate of drug-likeness (QED) is 0.826. The summed E-state index contributed by atoms with van der Waals surface area (Å²) in [5.41, 5.74) is 1.19. The fraction of sp³-hybridized carbons (Fsp3) is 0.727. The molecule has 2 fully saturated rings. The van der Waals surface area contributed by atoms with Crippen molar-refractivity contribution in [2.75, 3.05) is 24.6 Å². The summed E-state index contributed by atoms with van der Waals surface area (Å²) in [6, 6.07) is 0.0897.